The van der Waals surface area contributed by atoms with Crippen molar-refractivity contribution >= 4 is 17.5 Å². The minimum absolute atomic E-state index is 0.0409. The molecule has 2 amide bonds. The molecule has 0 aliphatic heterocycles. The molecule has 0 spiro atoms. The molecule has 0 atom stereocenters. The fourth-order valence-electron chi connectivity index (χ4n) is 2.13. The smallest absolute Gasteiger partial charge is 0.319 e. The third kappa shape index (κ3) is 5.12. The number of urea groups is 1. The number of rotatable bonds is 6. The van der Waals surface area contributed by atoms with Gasteiger partial charge in [-0.15, -0.1) is 0 Å². The van der Waals surface area contributed by atoms with Crippen molar-refractivity contribution in [2.24, 2.45) is 0 Å². The second kappa shape index (κ2) is 8.15. The van der Waals surface area contributed by atoms with Crippen molar-refractivity contribution in [2.75, 3.05) is 18.5 Å². The predicted molar refractivity (Wildman–Crippen MR) is 94.9 cm³/mol. The summed E-state index contributed by atoms with van der Waals surface area (Å²) in [5, 5.41) is 5.41. The number of aryl methyl sites for hydroxylation is 2. The van der Waals surface area contributed by atoms with Crippen molar-refractivity contribution in [3.63, 3.8) is 0 Å². The highest BCUT2D eigenvalue weighted by Gasteiger charge is 2.04. The van der Waals surface area contributed by atoms with Crippen molar-refractivity contribution in [2.45, 2.75) is 20.8 Å². The minimum Gasteiger partial charge on any atom is -0.492 e. The molecule has 0 saturated carbocycles. The lowest BCUT2D eigenvalue weighted by Crippen LogP contribution is -2.32. The van der Waals surface area contributed by atoms with Crippen LogP contribution in [0.5, 0.6) is 5.75 Å². The minimum atomic E-state index is -0.334. The highest BCUT2D eigenvalue weighted by molar-refractivity contribution is 5.96. The quantitative estimate of drug-likeness (QED) is 0.628. The SMILES string of the molecule is CC(=O)c1cccc(NC(=O)NCCOc2ccc(C)c(C)c2)c1. The van der Waals surface area contributed by atoms with E-state index in [1.807, 2.05) is 32.0 Å². The Kier molecular flexibility index (Phi) is 5.95. The van der Waals surface area contributed by atoms with E-state index in [4.69, 9.17) is 4.74 Å². The number of Topliss-reactive ketones (excluding diaryl/α,β-unsaturated/α-hetero) is 1. The molecule has 2 N–H and O–H groups in total. The standard InChI is InChI=1S/C19H22N2O3/c1-13-7-8-18(11-14(13)2)24-10-9-20-19(23)21-17-6-4-5-16(12-17)15(3)22/h4-8,11-12H,9-10H2,1-3H3,(H2,20,21,23). The van der Waals surface area contributed by atoms with E-state index in [9.17, 15) is 9.59 Å². The Morgan fingerprint density at radius 2 is 1.83 bits per heavy atom. The molecule has 24 heavy (non-hydrogen) atoms. The number of anilines is 1. The first-order chi connectivity index (χ1) is 11.5. The van der Waals surface area contributed by atoms with Gasteiger partial charge in [-0.3, -0.25) is 4.79 Å². The topological polar surface area (TPSA) is 67.4 Å². The van der Waals surface area contributed by atoms with E-state index in [-0.39, 0.29) is 11.8 Å². The maximum Gasteiger partial charge on any atom is 0.319 e. The number of hydrogen-bond donors (Lipinski definition) is 2. The number of nitrogens with one attached hydrogen (secondary N) is 2. The Labute approximate surface area is 142 Å². The summed E-state index contributed by atoms with van der Waals surface area (Å²) in [6.45, 7) is 6.33. The first kappa shape index (κ1) is 17.5. The second-order valence-electron chi connectivity index (χ2n) is 5.61. The summed E-state index contributed by atoms with van der Waals surface area (Å²) in [6.07, 6.45) is 0. The number of hydrogen-bond acceptors (Lipinski definition) is 3. The van der Waals surface area contributed by atoms with Gasteiger partial charge in [0.15, 0.2) is 5.78 Å². The van der Waals surface area contributed by atoms with Gasteiger partial charge in [0.25, 0.3) is 0 Å². The second-order valence-corrected chi connectivity index (χ2v) is 5.61. The van der Waals surface area contributed by atoms with Crippen LogP contribution in [0.4, 0.5) is 10.5 Å². The molecular weight excluding hydrogens is 304 g/mol. The lowest BCUT2D eigenvalue weighted by molar-refractivity contribution is 0.101. The van der Waals surface area contributed by atoms with Crippen LogP contribution in [0, 0.1) is 13.8 Å². The zero-order chi connectivity index (χ0) is 17.5. The van der Waals surface area contributed by atoms with Crippen molar-refractivity contribution in [1.29, 1.82) is 0 Å². The maximum atomic E-state index is 11.8. The molecule has 126 valence electrons. The summed E-state index contributed by atoms with van der Waals surface area (Å²) < 4.78 is 5.61. The molecule has 0 fully saturated rings. The Balaban J connectivity index is 1.76. The van der Waals surface area contributed by atoms with E-state index in [2.05, 4.69) is 10.6 Å². The van der Waals surface area contributed by atoms with Gasteiger partial charge in [-0.1, -0.05) is 18.2 Å². The van der Waals surface area contributed by atoms with Gasteiger partial charge in [-0.05, 0) is 56.2 Å². The van der Waals surface area contributed by atoms with E-state index in [1.54, 1.807) is 24.3 Å². The predicted octanol–water partition coefficient (Wildman–Crippen LogP) is 3.71. The van der Waals surface area contributed by atoms with Crippen molar-refractivity contribution in [3.05, 3.63) is 59.2 Å². The van der Waals surface area contributed by atoms with Crippen LogP contribution in [-0.2, 0) is 0 Å². The summed E-state index contributed by atoms with van der Waals surface area (Å²) in [5.41, 5.74) is 3.53. The molecule has 5 nitrogen and oxygen atoms in total. The molecule has 2 aromatic rings. The maximum absolute atomic E-state index is 11.8. The number of amides is 2. The summed E-state index contributed by atoms with van der Waals surface area (Å²) in [6, 6.07) is 12.4. The zero-order valence-electron chi connectivity index (χ0n) is 14.2. The van der Waals surface area contributed by atoms with Crippen LogP contribution in [0.25, 0.3) is 0 Å². The van der Waals surface area contributed by atoms with Gasteiger partial charge in [0.2, 0.25) is 0 Å². The van der Waals surface area contributed by atoms with Crippen LogP contribution >= 0.6 is 0 Å². The average Bonchev–Trinajstić information content (AvgIpc) is 2.55. The van der Waals surface area contributed by atoms with Crippen LogP contribution < -0.4 is 15.4 Å². The van der Waals surface area contributed by atoms with Crippen molar-refractivity contribution < 1.29 is 14.3 Å². The number of benzene rings is 2. The molecule has 0 aliphatic rings. The summed E-state index contributed by atoms with van der Waals surface area (Å²) in [5.74, 6) is 0.746. The molecule has 0 saturated heterocycles. The molecule has 5 heteroatoms. The van der Waals surface area contributed by atoms with Crippen molar-refractivity contribution in [3.8, 4) is 5.75 Å². The van der Waals surface area contributed by atoms with Crippen LogP contribution in [0.2, 0.25) is 0 Å². The van der Waals surface area contributed by atoms with Gasteiger partial charge in [-0.2, -0.15) is 0 Å². The lowest BCUT2D eigenvalue weighted by Gasteiger charge is -2.10. The van der Waals surface area contributed by atoms with Gasteiger partial charge in [0, 0.05) is 11.3 Å². The van der Waals surface area contributed by atoms with E-state index in [0.29, 0.717) is 24.4 Å². The highest BCUT2D eigenvalue weighted by atomic mass is 16.5. The van der Waals surface area contributed by atoms with Gasteiger partial charge in [0.05, 0.1) is 6.54 Å². The normalized spacial score (nSPS) is 10.1. The number of carbonyl (C=O) groups excluding carboxylic acids is 2. The first-order valence-corrected chi connectivity index (χ1v) is 7.81. The molecule has 0 aliphatic carbocycles. The molecule has 0 aromatic heterocycles. The largest absolute Gasteiger partial charge is 0.492 e. The van der Waals surface area contributed by atoms with Gasteiger partial charge >= 0.3 is 6.03 Å². The summed E-state index contributed by atoms with van der Waals surface area (Å²) in [4.78, 5) is 23.2. The van der Waals surface area contributed by atoms with E-state index in [1.165, 1.54) is 18.1 Å². The van der Waals surface area contributed by atoms with Crippen LogP contribution in [0.3, 0.4) is 0 Å². The van der Waals surface area contributed by atoms with Gasteiger partial charge in [-0.25, -0.2) is 4.79 Å². The van der Waals surface area contributed by atoms with E-state index >= 15 is 0 Å². The number of ketones is 1. The molecule has 2 rings (SSSR count). The van der Waals surface area contributed by atoms with Gasteiger partial charge < -0.3 is 15.4 Å². The Bertz CT molecular complexity index is 741. The molecule has 0 unspecified atom stereocenters. The monoisotopic (exact) mass is 326 g/mol. The van der Waals surface area contributed by atoms with Crippen LogP contribution in [-0.4, -0.2) is 25.0 Å². The van der Waals surface area contributed by atoms with Crippen molar-refractivity contribution in [1.82, 2.24) is 5.32 Å². The summed E-state index contributed by atoms with van der Waals surface area (Å²) in [7, 11) is 0. The van der Waals surface area contributed by atoms with Crippen LogP contribution in [0.15, 0.2) is 42.5 Å². The Morgan fingerprint density at radius 3 is 2.54 bits per heavy atom. The van der Waals surface area contributed by atoms with E-state index in [0.717, 1.165) is 5.75 Å². The number of ether oxygens (including phenoxy) is 1. The fraction of sp³-hybridized carbons (Fsp3) is 0.263. The molecule has 0 radical (unpaired) electrons. The summed E-state index contributed by atoms with van der Waals surface area (Å²) >= 11 is 0. The molecule has 0 heterocycles. The third-order valence-corrected chi connectivity index (χ3v) is 3.66. The molecular formula is C19H22N2O3. The third-order valence-electron chi connectivity index (χ3n) is 3.66. The molecule has 2 aromatic carbocycles. The van der Waals surface area contributed by atoms with Crippen LogP contribution in [0.1, 0.15) is 28.4 Å². The first-order valence-electron chi connectivity index (χ1n) is 7.81. The Morgan fingerprint density at radius 1 is 1.04 bits per heavy atom. The zero-order valence-corrected chi connectivity index (χ0v) is 14.2. The number of carbonyl (C=O) groups is 2. The van der Waals surface area contributed by atoms with E-state index < -0.39 is 0 Å². The highest BCUT2D eigenvalue weighted by Crippen LogP contribution is 2.16. The average molecular weight is 326 g/mol. The van der Waals surface area contributed by atoms with Gasteiger partial charge in [0.1, 0.15) is 12.4 Å². The molecule has 0 bridgehead atoms. The lowest BCUT2D eigenvalue weighted by atomic mass is 10.1. The Hall–Kier alpha value is -2.82. The fourth-order valence-corrected chi connectivity index (χ4v) is 2.13.